The van der Waals surface area contributed by atoms with Gasteiger partial charge in [-0.05, 0) is 60.2 Å². The van der Waals surface area contributed by atoms with E-state index in [1.807, 2.05) is 24.3 Å². The van der Waals surface area contributed by atoms with Crippen molar-refractivity contribution < 1.29 is 9.47 Å². The number of hydrogen-bond acceptors (Lipinski definition) is 8. The van der Waals surface area contributed by atoms with Crippen LogP contribution in [0.4, 0.5) is 0 Å². The summed E-state index contributed by atoms with van der Waals surface area (Å²) in [7, 11) is 2.89. The van der Waals surface area contributed by atoms with E-state index in [1.165, 1.54) is 14.2 Å². The molecule has 0 fully saturated rings. The SMILES string of the molecule is COc1c(Cl)cc(C(=CCCCC(N)C#N)c2cc(Cl)c(OC)c(C(N)C#N)c2)cc1C(N)C#N. The van der Waals surface area contributed by atoms with Gasteiger partial charge in [-0.15, -0.1) is 0 Å². The molecule has 8 nitrogen and oxygen atoms in total. The van der Waals surface area contributed by atoms with E-state index < -0.39 is 18.1 Å². The summed E-state index contributed by atoms with van der Waals surface area (Å²) in [5, 5.41) is 28.3. The molecule has 0 aliphatic rings. The molecule has 3 unspecified atom stereocenters. The molecule has 35 heavy (non-hydrogen) atoms. The highest BCUT2D eigenvalue weighted by Gasteiger charge is 2.21. The van der Waals surface area contributed by atoms with Crippen LogP contribution in [0.2, 0.25) is 10.0 Å². The first kappa shape index (κ1) is 28.0. The maximum Gasteiger partial charge on any atom is 0.143 e. The molecule has 0 saturated carbocycles. The lowest BCUT2D eigenvalue weighted by molar-refractivity contribution is 0.408. The van der Waals surface area contributed by atoms with Gasteiger partial charge in [-0.2, -0.15) is 15.8 Å². The summed E-state index contributed by atoms with van der Waals surface area (Å²) in [6.45, 7) is 0. The van der Waals surface area contributed by atoms with Crippen molar-refractivity contribution in [3.05, 3.63) is 62.6 Å². The summed E-state index contributed by atoms with van der Waals surface area (Å²) < 4.78 is 10.7. The summed E-state index contributed by atoms with van der Waals surface area (Å²) in [5.41, 5.74) is 20.6. The minimum Gasteiger partial charge on any atom is -0.495 e. The van der Waals surface area contributed by atoms with Gasteiger partial charge in [0.25, 0.3) is 0 Å². The van der Waals surface area contributed by atoms with Crippen LogP contribution in [0, 0.1) is 34.0 Å². The first-order valence-corrected chi connectivity index (χ1v) is 11.4. The minimum atomic E-state index is -0.973. The minimum absolute atomic E-state index is 0.275. The fourth-order valence-electron chi connectivity index (χ4n) is 3.62. The van der Waals surface area contributed by atoms with E-state index in [1.54, 1.807) is 24.3 Å². The van der Waals surface area contributed by atoms with Crippen LogP contribution in [0.3, 0.4) is 0 Å². The Hall–Kier alpha value is -3.29. The van der Waals surface area contributed by atoms with Gasteiger partial charge < -0.3 is 26.7 Å². The summed E-state index contributed by atoms with van der Waals surface area (Å²) >= 11 is 13.0. The molecule has 6 N–H and O–H groups in total. The lowest BCUT2D eigenvalue weighted by atomic mass is 9.91. The summed E-state index contributed by atoms with van der Waals surface area (Å²) in [5.74, 6) is 0.618. The lowest BCUT2D eigenvalue weighted by Crippen LogP contribution is -2.16. The molecule has 0 aliphatic carbocycles. The highest BCUT2D eigenvalue weighted by Crippen LogP contribution is 2.40. The number of nitrogens with zero attached hydrogens (tertiary/aromatic N) is 3. The fraction of sp³-hybridized carbons (Fsp3) is 0.320. The molecule has 3 atom stereocenters. The predicted octanol–water partition coefficient (Wildman–Crippen LogP) is 4.51. The Morgan fingerprint density at radius 3 is 1.69 bits per heavy atom. The molecule has 2 rings (SSSR count). The molecule has 0 heterocycles. The maximum atomic E-state index is 9.41. The number of methoxy groups -OCH3 is 2. The number of allylic oxidation sites excluding steroid dienone is 1. The van der Waals surface area contributed by atoms with Crippen LogP contribution in [0.25, 0.3) is 5.57 Å². The van der Waals surface area contributed by atoms with E-state index in [9.17, 15) is 10.5 Å². The zero-order chi connectivity index (χ0) is 26.1. The van der Waals surface area contributed by atoms with Gasteiger partial charge in [0.2, 0.25) is 0 Å². The van der Waals surface area contributed by atoms with Crippen molar-refractivity contribution in [3.8, 4) is 29.7 Å². The third-order valence-corrected chi connectivity index (χ3v) is 5.92. The van der Waals surface area contributed by atoms with Crippen LogP contribution in [-0.2, 0) is 0 Å². The summed E-state index contributed by atoms with van der Waals surface area (Å²) in [6.07, 6.45) is 3.70. The summed E-state index contributed by atoms with van der Waals surface area (Å²) in [4.78, 5) is 0. The van der Waals surface area contributed by atoms with E-state index in [0.29, 0.717) is 58.6 Å². The van der Waals surface area contributed by atoms with Crippen LogP contribution in [0.5, 0.6) is 11.5 Å². The van der Waals surface area contributed by atoms with Gasteiger partial charge in [-0.3, -0.25) is 0 Å². The zero-order valence-corrected chi connectivity index (χ0v) is 20.9. The standard InChI is InChI=1S/C25H26Cl2N6O2/c1-34-24-18(22(32)12-29)7-14(9-20(24)26)17(6-4-3-5-16(31)11-28)15-8-19(23(33)13-30)25(35-2)21(27)10-15/h6-10,16,22-23H,3-5,31-33H2,1-2H3. The van der Waals surface area contributed by atoms with Crippen LogP contribution in [0.15, 0.2) is 30.3 Å². The third kappa shape index (κ3) is 6.65. The summed E-state index contributed by atoms with van der Waals surface area (Å²) in [6, 6.07) is 10.4. The number of benzene rings is 2. The van der Waals surface area contributed by atoms with Crippen molar-refractivity contribution in [1.29, 1.82) is 15.8 Å². The Bertz CT molecular complexity index is 1150. The van der Waals surface area contributed by atoms with Crippen molar-refractivity contribution >= 4 is 28.8 Å². The first-order chi connectivity index (χ1) is 16.7. The van der Waals surface area contributed by atoms with Crippen molar-refractivity contribution in [2.24, 2.45) is 17.2 Å². The molecule has 0 aliphatic heterocycles. The van der Waals surface area contributed by atoms with E-state index >= 15 is 0 Å². The van der Waals surface area contributed by atoms with Crippen LogP contribution >= 0.6 is 23.2 Å². The molecular weight excluding hydrogens is 487 g/mol. The van der Waals surface area contributed by atoms with E-state index in [-0.39, 0.29) is 10.0 Å². The second-order valence-corrected chi connectivity index (χ2v) is 8.47. The molecule has 0 amide bonds. The van der Waals surface area contributed by atoms with Gasteiger partial charge in [0.1, 0.15) is 23.6 Å². The smallest absolute Gasteiger partial charge is 0.143 e. The molecule has 182 valence electrons. The number of hydrogen-bond donors (Lipinski definition) is 3. The number of unbranched alkanes of at least 4 members (excludes halogenated alkanes) is 1. The average molecular weight is 513 g/mol. The number of ether oxygens (including phenoxy) is 2. The second kappa shape index (κ2) is 13.0. The molecule has 0 bridgehead atoms. The monoisotopic (exact) mass is 512 g/mol. The van der Waals surface area contributed by atoms with Crippen molar-refractivity contribution in [3.63, 3.8) is 0 Å². The van der Waals surface area contributed by atoms with Gasteiger partial charge in [0.05, 0.1) is 48.5 Å². The molecule has 0 radical (unpaired) electrons. The lowest BCUT2D eigenvalue weighted by Gasteiger charge is -2.19. The van der Waals surface area contributed by atoms with Gasteiger partial charge >= 0.3 is 0 Å². The van der Waals surface area contributed by atoms with Crippen molar-refractivity contribution in [2.75, 3.05) is 14.2 Å². The predicted molar refractivity (Wildman–Crippen MR) is 136 cm³/mol. The quantitative estimate of drug-likeness (QED) is 0.390. The molecule has 2 aromatic rings. The Morgan fingerprint density at radius 2 is 1.31 bits per heavy atom. The highest BCUT2D eigenvalue weighted by molar-refractivity contribution is 6.33. The average Bonchev–Trinajstić information content (AvgIpc) is 2.86. The van der Waals surface area contributed by atoms with E-state index in [2.05, 4.69) is 0 Å². The van der Waals surface area contributed by atoms with Crippen molar-refractivity contribution in [1.82, 2.24) is 0 Å². The molecule has 10 heteroatoms. The second-order valence-electron chi connectivity index (χ2n) is 7.66. The van der Waals surface area contributed by atoms with Gasteiger partial charge in [-0.1, -0.05) is 29.3 Å². The Morgan fingerprint density at radius 1 is 0.857 bits per heavy atom. The normalized spacial score (nSPS) is 12.9. The van der Waals surface area contributed by atoms with E-state index in [0.717, 1.165) is 0 Å². The van der Waals surface area contributed by atoms with Gasteiger partial charge in [0.15, 0.2) is 0 Å². The molecule has 0 spiro atoms. The fourth-order valence-corrected chi connectivity index (χ4v) is 4.23. The van der Waals surface area contributed by atoms with Crippen molar-refractivity contribution in [2.45, 2.75) is 37.4 Å². The molecule has 0 aromatic heterocycles. The number of nitrogens with two attached hydrogens (primary N) is 3. The largest absolute Gasteiger partial charge is 0.495 e. The van der Waals surface area contributed by atoms with Gasteiger partial charge in [-0.25, -0.2) is 0 Å². The van der Waals surface area contributed by atoms with Crippen LogP contribution in [0.1, 0.15) is 53.6 Å². The van der Waals surface area contributed by atoms with Crippen LogP contribution < -0.4 is 26.7 Å². The Kier molecular flexibility index (Phi) is 10.4. The molecular formula is C25H26Cl2N6O2. The Labute approximate surface area is 215 Å². The number of halogens is 2. The third-order valence-electron chi connectivity index (χ3n) is 5.36. The zero-order valence-electron chi connectivity index (χ0n) is 19.4. The highest BCUT2D eigenvalue weighted by atomic mass is 35.5. The maximum absolute atomic E-state index is 9.41. The Balaban J connectivity index is 2.74. The first-order valence-electron chi connectivity index (χ1n) is 10.6. The molecule has 2 aromatic carbocycles. The number of rotatable bonds is 10. The molecule has 0 saturated heterocycles. The topological polar surface area (TPSA) is 168 Å². The van der Waals surface area contributed by atoms with Gasteiger partial charge in [0, 0.05) is 11.1 Å². The van der Waals surface area contributed by atoms with E-state index in [4.69, 9.17) is 55.1 Å². The number of nitriles is 3. The van der Waals surface area contributed by atoms with Crippen LogP contribution in [-0.4, -0.2) is 20.3 Å².